The molecule has 1 rings (SSSR count). The van der Waals surface area contributed by atoms with Gasteiger partial charge >= 0.3 is 5.97 Å². The predicted molar refractivity (Wildman–Crippen MR) is 68.1 cm³/mol. The Morgan fingerprint density at radius 1 is 1.33 bits per heavy atom. The fourth-order valence-electron chi connectivity index (χ4n) is 1.34. The molecule has 1 aromatic carbocycles. The Balaban J connectivity index is 2.07. The zero-order chi connectivity index (χ0) is 13.2. The molecule has 0 heterocycles. The van der Waals surface area contributed by atoms with Gasteiger partial charge in [-0.1, -0.05) is 36.9 Å². The number of esters is 1. The number of carbonyl (C=O) groups is 1. The van der Waals surface area contributed by atoms with Gasteiger partial charge in [-0.3, -0.25) is 0 Å². The van der Waals surface area contributed by atoms with E-state index < -0.39 is 12.1 Å². The molecular weight excluding hydrogens is 232 g/mol. The van der Waals surface area contributed by atoms with Gasteiger partial charge in [0, 0.05) is 6.08 Å². The summed E-state index contributed by atoms with van der Waals surface area (Å²) in [5.74, 6) is -0.543. The van der Waals surface area contributed by atoms with Crippen LogP contribution < -0.4 is 0 Å². The van der Waals surface area contributed by atoms with Crippen LogP contribution in [0.1, 0.15) is 5.56 Å². The minimum absolute atomic E-state index is 0.0732. The van der Waals surface area contributed by atoms with Crippen molar-refractivity contribution in [3.63, 3.8) is 0 Å². The van der Waals surface area contributed by atoms with E-state index in [0.29, 0.717) is 6.61 Å². The molecule has 0 aliphatic rings. The van der Waals surface area contributed by atoms with Crippen LogP contribution in [0.3, 0.4) is 0 Å². The van der Waals surface area contributed by atoms with Gasteiger partial charge in [-0.05, 0) is 12.0 Å². The van der Waals surface area contributed by atoms with Gasteiger partial charge in [0.25, 0.3) is 0 Å². The Bertz CT molecular complexity index is 361. The van der Waals surface area contributed by atoms with Gasteiger partial charge in [-0.25, -0.2) is 4.79 Å². The highest BCUT2D eigenvalue weighted by molar-refractivity contribution is 5.81. The average Bonchev–Trinajstić information content (AvgIpc) is 2.42. The smallest absolute Gasteiger partial charge is 0.330 e. The molecule has 0 saturated carbocycles. The minimum Gasteiger partial charge on any atom is -0.460 e. The summed E-state index contributed by atoms with van der Waals surface area (Å²) < 4.78 is 9.98. The van der Waals surface area contributed by atoms with Crippen molar-refractivity contribution in [3.8, 4) is 0 Å². The Kier molecular flexibility index (Phi) is 6.76. The lowest BCUT2D eigenvalue weighted by Crippen LogP contribution is -2.23. The molecule has 0 amide bonds. The van der Waals surface area contributed by atoms with Gasteiger partial charge in [-0.15, -0.1) is 0 Å². The second-order valence-electron chi connectivity index (χ2n) is 3.80. The van der Waals surface area contributed by atoms with Gasteiger partial charge in [0.1, 0.15) is 12.7 Å². The topological polar surface area (TPSA) is 55.8 Å². The molecule has 98 valence electrons. The Hall–Kier alpha value is -1.65. The van der Waals surface area contributed by atoms with Crippen molar-refractivity contribution >= 4 is 5.97 Å². The van der Waals surface area contributed by atoms with E-state index >= 15 is 0 Å². The lowest BCUT2D eigenvalue weighted by atomic mass is 10.2. The number of ether oxygens (including phenoxy) is 2. The van der Waals surface area contributed by atoms with Crippen LogP contribution in [0.4, 0.5) is 0 Å². The van der Waals surface area contributed by atoms with E-state index in [-0.39, 0.29) is 13.2 Å². The van der Waals surface area contributed by atoms with Crippen LogP contribution in [0.5, 0.6) is 0 Å². The van der Waals surface area contributed by atoms with Crippen LogP contribution in [-0.4, -0.2) is 37.0 Å². The number of hydrogen-bond acceptors (Lipinski definition) is 4. The number of carbonyl (C=O) groups excluding carboxylic acids is 1. The largest absolute Gasteiger partial charge is 0.460 e. The van der Waals surface area contributed by atoms with Crippen LogP contribution in [0.15, 0.2) is 43.0 Å². The number of rotatable bonds is 8. The lowest BCUT2D eigenvalue weighted by molar-refractivity contribution is -0.141. The molecule has 0 aliphatic heterocycles. The van der Waals surface area contributed by atoms with E-state index in [2.05, 4.69) is 11.3 Å². The molecular formula is C14H18O4. The second kappa shape index (κ2) is 8.44. The Labute approximate surface area is 107 Å². The van der Waals surface area contributed by atoms with Crippen molar-refractivity contribution in [2.45, 2.75) is 12.5 Å². The maximum atomic E-state index is 10.7. The number of aliphatic hydroxyl groups is 1. The summed E-state index contributed by atoms with van der Waals surface area (Å²) in [7, 11) is 0. The third kappa shape index (κ3) is 6.18. The number of benzene rings is 1. The maximum absolute atomic E-state index is 10.7. The van der Waals surface area contributed by atoms with E-state index in [1.807, 2.05) is 30.3 Å². The van der Waals surface area contributed by atoms with Crippen LogP contribution in [0.25, 0.3) is 0 Å². The Morgan fingerprint density at radius 2 is 2.06 bits per heavy atom. The van der Waals surface area contributed by atoms with Gasteiger partial charge in [0.05, 0.1) is 13.2 Å². The first-order valence-corrected chi connectivity index (χ1v) is 5.81. The molecule has 0 saturated heterocycles. The summed E-state index contributed by atoms with van der Waals surface area (Å²) in [5.41, 5.74) is 1.19. The van der Waals surface area contributed by atoms with Crippen molar-refractivity contribution in [2.24, 2.45) is 0 Å². The third-order valence-electron chi connectivity index (χ3n) is 2.27. The van der Waals surface area contributed by atoms with E-state index in [1.54, 1.807) is 0 Å². The molecule has 1 atom stereocenters. The molecule has 1 N–H and O–H groups in total. The molecule has 0 radical (unpaired) electrons. The van der Waals surface area contributed by atoms with Crippen LogP contribution in [0.2, 0.25) is 0 Å². The van der Waals surface area contributed by atoms with Crippen LogP contribution in [-0.2, 0) is 20.7 Å². The standard InChI is InChI=1S/C14H18O4/c1-2-14(16)18-11-13(15)10-17-9-8-12-6-4-3-5-7-12/h2-7,13,15H,1,8-11H2. The zero-order valence-corrected chi connectivity index (χ0v) is 10.2. The third-order valence-corrected chi connectivity index (χ3v) is 2.27. The summed E-state index contributed by atoms with van der Waals surface area (Å²) in [6.07, 6.45) is 1.05. The molecule has 0 fully saturated rings. The molecule has 4 nitrogen and oxygen atoms in total. The highest BCUT2D eigenvalue weighted by atomic mass is 16.5. The zero-order valence-electron chi connectivity index (χ0n) is 10.2. The molecule has 1 unspecified atom stereocenters. The first kappa shape index (κ1) is 14.4. The lowest BCUT2D eigenvalue weighted by Gasteiger charge is -2.11. The predicted octanol–water partition coefficient (Wildman–Crippen LogP) is 1.34. The summed E-state index contributed by atoms with van der Waals surface area (Å²) in [5, 5.41) is 9.45. The SMILES string of the molecule is C=CC(=O)OCC(O)COCCc1ccccc1. The number of aliphatic hydroxyl groups excluding tert-OH is 1. The second-order valence-corrected chi connectivity index (χ2v) is 3.80. The van der Waals surface area contributed by atoms with E-state index in [1.165, 1.54) is 5.56 Å². The van der Waals surface area contributed by atoms with Crippen molar-refractivity contribution in [3.05, 3.63) is 48.6 Å². The van der Waals surface area contributed by atoms with E-state index in [9.17, 15) is 9.90 Å². The van der Waals surface area contributed by atoms with Crippen molar-refractivity contribution in [1.29, 1.82) is 0 Å². The maximum Gasteiger partial charge on any atom is 0.330 e. The van der Waals surface area contributed by atoms with Crippen molar-refractivity contribution < 1.29 is 19.4 Å². The monoisotopic (exact) mass is 250 g/mol. The van der Waals surface area contributed by atoms with Crippen molar-refractivity contribution in [2.75, 3.05) is 19.8 Å². The summed E-state index contributed by atoms with van der Waals surface area (Å²) in [6.45, 7) is 3.86. The first-order valence-electron chi connectivity index (χ1n) is 5.81. The minimum atomic E-state index is -0.801. The fourth-order valence-corrected chi connectivity index (χ4v) is 1.34. The van der Waals surface area contributed by atoms with E-state index in [0.717, 1.165) is 12.5 Å². The van der Waals surface area contributed by atoms with Gasteiger partial charge in [0.15, 0.2) is 0 Å². The average molecular weight is 250 g/mol. The van der Waals surface area contributed by atoms with Gasteiger partial charge in [0.2, 0.25) is 0 Å². The molecule has 0 bridgehead atoms. The quantitative estimate of drug-likeness (QED) is 0.430. The van der Waals surface area contributed by atoms with Crippen molar-refractivity contribution in [1.82, 2.24) is 0 Å². The Morgan fingerprint density at radius 3 is 2.72 bits per heavy atom. The van der Waals surface area contributed by atoms with E-state index in [4.69, 9.17) is 4.74 Å². The van der Waals surface area contributed by atoms with Crippen LogP contribution in [0, 0.1) is 0 Å². The normalized spacial score (nSPS) is 11.8. The molecule has 1 aromatic rings. The molecule has 4 heteroatoms. The molecule has 0 aliphatic carbocycles. The van der Waals surface area contributed by atoms with Gasteiger partial charge < -0.3 is 14.6 Å². The van der Waals surface area contributed by atoms with Crippen LogP contribution >= 0.6 is 0 Å². The molecule has 0 spiro atoms. The first-order chi connectivity index (χ1) is 8.72. The summed E-state index contributed by atoms with van der Waals surface area (Å²) in [4.78, 5) is 10.7. The summed E-state index contributed by atoms with van der Waals surface area (Å²) in [6, 6.07) is 9.94. The highest BCUT2D eigenvalue weighted by Crippen LogP contribution is 2.00. The molecule has 0 aromatic heterocycles. The molecule has 18 heavy (non-hydrogen) atoms. The highest BCUT2D eigenvalue weighted by Gasteiger charge is 2.06. The fraction of sp³-hybridized carbons (Fsp3) is 0.357. The number of hydrogen-bond donors (Lipinski definition) is 1. The van der Waals surface area contributed by atoms with Gasteiger partial charge in [-0.2, -0.15) is 0 Å². The summed E-state index contributed by atoms with van der Waals surface area (Å²) >= 11 is 0.